The van der Waals surface area contributed by atoms with Crippen molar-refractivity contribution in [3.8, 4) is 5.75 Å². The second-order valence-corrected chi connectivity index (χ2v) is 8.54. The van der Waals surface area contributed by atoms with Gasteiger partial charge in [-0.25, -0.2) is 0 Å². The Hall–Kier alpha value is -1.13. The summed E-state index contributed by atoms with van der Waals surface area (Å²) in [6.07, 6.45) is 7.21. The number of ether oxygens (including phenoxy) is 3. The number of nitrogens with zero attached hydrogens (tertiary/aromatic N) is 1. The van der Waals surface area contributed by atoms with Crippen LogP contribution in [0.1, 0.15) is 66.5 Å². The molecule has 148 valence electrons. The van der Waals surface area contributed by atoms with Gasteiger partial charge in [-0.3, -0.25) is 4.98 Å². The van der Waals surface area contributed by atoms with E-state index in [0.717, 1.165) is 43.7 Å². The molecule has 26 heavy (non-hydrogen) atoms. The number of pyridine rings is 1. The van der Waals surface area contributed by atoms with Gasteiger partial charge in [-0.1, -0.05) is 13.8 Å². The zero-order chi connectivity index (χ0) is 19.1. The molecule has 0 radical (unpaired) electrons. The minimum atomic E-state index is 0.270. The van der Waals surface area contributed by atoms with Crippen molar-refractivity contribution in [3.05, 3.63) is 24.0 Å². The zero-order valence-corrected chi connectivity index (χ0v) is 17.4. The van der Waals surface area contributed by atoms with Crippen molar-refractivity contribution < 1.29 is 14.2 Å². The number of rotatable bonds is 11. The molecule has 0 aliphatic heterocycles. The topological polar surface area (TPSA) is 40.6 Å². The summed E-state index contributed by atoms with van der Waals surface area (Å²) in [7, 11) is 0. The number of aromatic nitrogens is 1. The van der Waals surface area contributed by atoms with E-state index in [2.05, 4.69) is 58.7 Å². The molecule has 1 saturated carbocycles. The van der Waals surface area contributed by atoms with E-state index in [1.165, 1.54) is 0 Å². The maximum atomic E-state index is 5.98. The standard InChI is InChI=1S/C22H37NO3/c1-15(2)24-14-18(6)9-17(5)10-19-7-8-20(13-23-19)26-22-11-21(12-22)25-16(3)4/h7-8,13,15-18,21-22H,9-12,14H2,1-6H3. The van der Waals surface area contributed by atoms with Crippen LogP contribution in [0.5, 0.6) is 5.75 Å². The molecule has 1 aliphatic rings. The van der Waals surface area contributed by atoms with E-state index in [1.807, 2.05) is 6.20 Å². The van der Waals surface area contributed by atoms with Gasteiger partial charge in [0.1, 0.15) is 11.9 Å². The molecule has 4 heteroatoms. The van der Waals surface area contributed by atoms with Crippen LogP contribution >= 0.6 is 0 Å². The van der Waals surface area contributed by atoms with Gasteiger partial charge in [0.25, 0.3) is 0 Å². The summed E-state index contributed by atoms with van der Waals surface area (Å²) in [6.45, 7) is 13.7. The fourth-order valence-corrected chi connectivity index (χ4v) is 3.46. The van der Waals surface area contributed by atoms with Gasteiger partial charge in [-0.2, -0.15) is 0 Å². The van der Waals surface area contributed by atoms with E-state index < -0.39 is 0 Å². The lowest BCUT2D eigenvalue weighted by Gasteiger charge is -2.36. The highest BCUT2D eigenvalue weighted by atomic mass is 16.5. The maximum Gasteiger partial charge on any atom is 0.138 e. The summed E-state index contributed by atoms with van der Waals surface area (Å²) in [6, 6.07) is 4.15. The van der Waals surface area contributed by atoms with Crippen molar-refractivity contribution in [1.29, 1.82) is 0 Å². The molecule has 0 aromatic carbocycles. The molecule has 0 amide bonds. The van der Waals surface area contributed by atoms with Crippen LogP contribution in [-0.2, 0) is 15.9 Å². The molecule has 0 saturated heterocycles. The smallest absolute Gasteiger partial charge is 0.138 e. The molecule has 0 spiro atoms. The fourth-order valence-electron chi connectivity index (χ4n) is 3.46. The predicted molar refractivity (Wildman–Crippen MR) is 106 cm³/mol. The molecule has 4 nitrogen and oxygen atoms in total. The van der Waals surface area contributed by atoms with Gasteiger partial charge in [0.05, 0.1) is 24.5 Å². The van der Waals surface area contributed by atoms with Gasteiger partial charge in [-0.15, -0.1) is 0 Å². The minimum Gasteiger partial charge on any atom is -0.489 e. The lowest BCUT2D eigenvalue weighted by atomic mass is 9.91. The van der Waals surface area contributed by atoms with E-state index in [9.17, 15) is 0 Å². The van der Waals surface area contributed by atoms with E-state index in [4.69, 9.17) is 14.2 Å². The molecular formula is C22H37NO3. The van der Waals surface area contributed by atoms with Crippen molar-refractivity contribution in [2.45, 2.75) is 91.6 Å². The molecule has 1 heterocycles. The first-order chi connectivity index (χ1) is 12.3. The first-order valence-corrected chi connectivity index (χ1v) is 10.2. The van der Waals surface area contributed by atoms with Crippen LogP contribution in [0.2, 0.25) is 0 Å². The first kappa shape index (κ1) is 21.2. The lowest BCUT2D eigenvalue weighted by Crippen LogP contribution is -2.40. The van der Waals surface area contributed by atoms with Crippen molar-refractivity contribution in [3.63, 3.8) is 0 Å². The summed E-state index contributed by atoms with van der Waals surface area (Å²) in [5.74, 6) is 2.04. The molecular weight excluding hydrogens is 326 g/mol. The van der Waals surface area contributed by atoms with Crippen LogP contribution < -0.4 is 4.74 Å². The summed E-state index contributed by atoms with van der Waals surface area (Å²) < 4.78 is 17.5. The van der Waals surface area contributed by atoms with Crippen molar-refractivity contribution in [1.82, 2.24) is 4.98 Å². The quantitative estimate of drug-likeness (QED) is 0.552. The van der Waals surface area contributed by atoms with Crippen molar-refractivity contribution >= 4 is 0 Å². The normalized spacial score (nSPS) is 22.3. The minimum absolute atomic E-state index is 0.270. The van der Waals surface area contributed by atoms with Gasteiger partial charge < -0.3 is 14.2 Å². The van der Waals surface area contributed by atoms with Crippen LogP contribution in [0.4, 0.5) is 0 Å². The highest BCUT2D eigenvalue weighted by molar-refractivity contribution is 5.20. The highest BCUT2D eigenvalue weighted by Gasteiger charge is 2.32. The fraction of sp³-hybridized carbons (Fsp3) is 0.773. The number of hydrogen-bond acceptors (Lipinski definition) is 4. The Labute approximate surface area is 159 Å². The molecule has 1 aromatic rings. The van der Waals surface area contributed by atoms with Crippen molar-refractivity contribution in [2.24, 2.45) is 11.8 Å². The average molecular weight is 364 g/mol. The van der Waals surface area contributed by atoms with Crippen LogP contribution in [0.15, 0.2) is 18.3 Å². The monoisotopic (exact) mass is 363 g/mol. The van der Waals surface area contributed by atoms with Crippen LogP contribution in [-0.4, -0.2) is 36.0 Å². The van der Waals surface area contributed by atoms with Crippen LogP contribution in [0.25, 0.3) is 0 Å². The van der Waals surface area contributed by atoms with E-state index >= 15 is 0 Å². The van der Waals surface area contributed by atoms with Gasteiger partial charge in [0.2, 0.25) is 0 Å². The average Bonchev–Trinajstić information content (AvgIpc) is 2.52. The van der Waals surface area contributed by atoms with Gasteiger partial charge in [-0.05, 0) is 64.5 Å². The Morgan fingerprint density at radius 3 is 2.27 bits per heavy atom. The molecule has 2 rings (SSSR count). The molecule has 1 aromatic heterocycles. The molecule has 0 N–H and O–H groups in total. The first-order valence-electron chi connectivity index (χ1n) is 10.2. The molecule has 2 atom stereocenters. The zero-order valence-electron chi connectivity index (χ0n) is 17.4. The summed E-state index contributed by atoms with van der Waals surface area (Å²) >= 11 is 0. The molecule has 1 fully saturated rings. The molecule has 0 bridgehead atoms. The van der Waals surface area contributed by atoms with E-state index in [0.29, 0.717) is 30.1 Å². The second-order valence-electron chi connectivity index (χ2n) is 8.54. The van der Waals surface area contributed by atoms with E-state index in [1.54, 1.807) is 0 Å². The Bertz CT molecular complexity index is 509. The van der Waals surface area contributed by atoms with Gasteiger partial charge in [0, 0.05) is 25.1 Å². The molecule has 1 aliphatic carbocycles. The summed E-state index contributed by atoms with van der Waals surface area (Å²) in [5, 5.41) is 0. The predicted octanol–water partition coefficient (Wildman–Crippen LogP) is 5.05. The largest absolute Gasteiger partial charge is 0.489 e. The third-order valence-corrected chi connectivity index (χ3v) is 4.69. The van der Waals surface area contributed by atoms with Crippen molar-refractivity contribution in [2.75, 3.05) is 6.61 Å². The summed E-state index contributed by atoms with van der Waals surface area (Å²) in [4.78, 5) is 4.59. The Balaban J connectivity index is 1.69. The third-order valence-electron chi connectivity index (χ3n) is 4.69. The highest BCUT2D eigenvalue weighted by Crippen LogP contribution is 2.29. The lowest BCUT2D eigenvalue weighted by molar-refractivity contribution is -0.0850. The Kier molecular flexibility index (Phi) is 8.36. The second kappa shape index (κ2) is 10.3. The van der Waals surface area contributed by atoms with Gasteiger partial charge >= 0.3 is 0 Å². The molecule has 2 unspecified atom stereocenters. The Morgan fingerprint density at radius 1 is 0.962 bits per heavy atom. The van der Waals surface area contributed by atoms with Crippen LogP contribution in [0, 0.1) is 11.8 Å². The number of hydrogen-bond donors (Lipinski definition) is 0. The SMILES string of the molecule is CC(COC(C)C)CC(C)Cc1ccc(OC2CC(OC(C)C)C2)cn1. The maximum absolute atomic E-state index is 5.98. The third kappa shape index (κ3) is 7.63. The summed E-state index contributed by atoms with van der Waals surface area (Å²) in [5.41, 5.74) is 1.14. The Morgan fingerprint density at radius 2 is 1.69 bits per heavy atom. The van der Waals surface area contributed by atoms with E-state index in [-0.39, 0.29) is 6.10 Å². The van der Waals surface area contributed by atoms with Crippen LogP contribution in [0.3, 0.4) is 0 Å². The van der Waals surface area contributed by atoms with Gasteiger partial charge in [0.15, 0.2) is 0 Å².